The number of sulfone groups is 1. The molecule has 2 aromatic carbocycles. The van der Waals surface area contributed by atoms with E-state index in [0.717, 1.165) is 5.56 Å². The molecule has 0 aliphatic carbocycles. The summed E-state index contributed by atoms with van der Waals surface area (Å²) >= 11 is 7.38. The van der Waals surface area contributed by atoms with Crippen molar-refractivity contribution in [2.24, 2.45) is 7.05 Å². The minimum atomic E-state index is -3.44. The Morgan fingerprint density at radius 1 is 1.04 bits per heavy atom. The third kappa shape index (κ3) is 4.42. The van der Waals surface area contributed by atoms with Crippen molar-refractivity contribution in [2.45, 2.75) is 21.6 Å². The van der Waals surface area contributed by atoms with Crippen LogP contribution in [0.15, 0.2) is 64.6 Å². The zero-order valence-corrected chi connectivity index (χ0v) is 15.9. The highest BCUT2D eigenvalue weighted by Crippen LogP contribution is 2.23. The van der Waals surface area contributed by atoms with E-state index in [-0.39, 0.29) is 10.6 Å². The van der Waals surface area contributed by atoms with Crippen LogP contribution < -0.4 is 0 Å². The van der Waals surface area contributed by atoms with Gasteiger partial charge in [0.05, 0.1) is 4.90 Å². The number of thioether (sulfide) groups is 1. The fraction of sp³-hybridized carbons (Fsp3) is 0.176. The van der Waals surface area contributed by atoms with Gasteiger partial charge in [0.15, 0.2) is 15.0 Å². The second kappa shape index (κ2) is 7.59. The van der Waals surface area contributed by atoms with Crippen LogP contribution in [0.2, 0.25) is 5.02 Å². The summed E-state index contributed by atoms with van der Waals surface area (Å²) in [6.45, 7) is 0. The maximum absolute atomic E-state index is 12.5. The molecule has 25 heavy (non-hydrogen) atoms. The van der Waals surface area contributed by atoms with Crippen molar-refractivity contribution in [3.63, 3.8) is 0 Å². The van der Waals surface area contributed by atoms with E-state index in [1.807, 2.05) is 24.3 Å². The summed E-state index contributed by atoms with van der Waals surface area (Å²) in [7, 11) is -1.66. The Hall–Kier alpha value is -1.83. The van der Waals surface area contributed by atoms with Gasteiger partial charge in [0.2, 0.25) is 0 Å². The summed E-state index contributed by atoms with van der Waals surface area (Å²) < 4.78 is 26.7. The van der Waals surface area contributed by atoms with Gasteiger partial charge in [-0.25, -0.2) is 8.42 Å². The fourth-order valence-electron chi connectivity index (χ4n) is 2.21. The van der Waals surface area contributed by atoms with Gasteiger partial charge in [-0.05, 0) is 29.8 Å². The molecule has 8 heteroatoms. The normalized spacial score (nSPS) is 11.6. The average molecular weight is 394 g/mol. The maximum atomic E-state index is 12.5. The predicted octanol–water partition coefficient (Wildman–Crippen LogP) is 3.73. The first-order chi connectivity index (χ1) is 12.0. The molecule has 0 fully saturated rings. The lowest BCUT2D eigenvalue weighted by atomic mass is 10.2. The van der Waals surface area contributed by atoms with Crippen LogP contribution in [0, 0.1) is 0 Å². The quantitative estimate of drug-likeness (QED) is 0.597. The topological polar surface area (TPSA) is 64.8 Å². The number of aromatic nitrogens is 3. The van der Waals surface area contributed by atoms with Crippen molar-refractivity contribution < 1.29 is 8.42 Å². The molecule has 0 radical (unpaired) electrons. The van der Waals surface area contributed by atoms with Gasteiger partial charge in [-0.2, -0.15) is 0 Å². The minimum absolute atomic E-state index is 0.179. The highest BCUT2D eigenvalue weighted by Gasteiger charge is 2.20. The largest absolute Gasteiger partial charge is 0.308 e. The molecular formula is C17H16ClN3O2S2. The number of hydrogen-bond donors (Lipinski definition) is 0. The molecule has 0 amide bonds. The standard InChI is InChI=1S/C17H16ClN3O2S2/c1-21-16(12-25(22,23)15-5-3-2-4-6-15)19-20-17(21)24-11-13-7-9-14(18)10-8-13/h2-10H,11-12H2,1H3. The second-order valence-corrected chi connectivity index (χ2v) is 8.81. The average Bonchev–Trinajstić information content (AvgIpc) is 2.95. The van der Waals surface area contributed by atoms with Crippen LogP contribution in [0.1, 0.15) is 11.4 Å². The predicted molar refractivity (Wildman–Crippen MR) is 99.3 cm³/mol. The SMILES string of the molecule is Cn1c(CS(=O)(=O)c2ccccc2)nnc1SCc1ccc(Cl)cc1. The van der Waals surface area contributed by atoms with Crippen molar-refractivity contribution in [3.05, 3.63) is 71.0 Å². The van der Waals surface area contributed by atoms with Crippen LogP contribution in [-0.2, 0) is 28.4 Å². The summed E-state index contributed by atoms with van der Waals surface area (Å²) in [6, 6.07) is 15.9. The van der Waals surface area contributed by atoms with Gasteiger partial charge in [0.25, 0.3) is 0 Å². The first-order valence-electron chi connectivity index (χ1n) is 7.49. The lowest BCUT2D eigenvalue weighted by molar-refractivity contribution is 0.591. The van der Waals surface area contributed by atoms with Gasteiger partial charge in [0, 0.05) is 17.8 Å². The molecule has 5 nitrogen and oxygen atoms in total. The van der Waals surface area contributed by atoms with Crippen molar-refractivity contribution in [3.8, 4) is 0 Å². The molecule has 1 heterocycles. The molecule has 0 atom stereocenters. The van der Waals surface area contributed by atoms with Gasteiger partial charge < -0.3 is 4.57 Å². The first kappa shape index (κ1) is 18.0. The third-order valence-corrected chi connectivity index (χ3v) is 6.60. The van der Waals surface area contributed by atoms with Crippen LogP contribution in [0.4, 0.5) is 0 Å². The minimum Gasteiger partial charge on any atom is -0.308 e. The van der Waals surface area contributed by atoms with Gasteiger partial charge in [-0.3, -0.25) is 0 Å². The lowest BCUT2D eigenvalue weighted by Gasteiger charge is -2.05. The Balaban J connectivity index is 1.72. The van der Waals surface area contributed by atoms with Gasteiger partial charge in [-0.1, -0.05) is 53.7 Å². The van der Waals surface area contributed by atoms with Crippen LogP contribution in [0.25, 0.3) is 0 Å². The van der Waals surface area contributed by atoms with Crippen LogP contribution in [0.5, 0.6) is 0 Å². The molecular weight excluding hydrogens is 378 g/mol. The first-order valence-corrected chi connectivity index (χ1v) is 10.5. The summed E-state index contributed by atoms with van der Waals surface area (Å²) in [6.07, 6.45) is 0. The Morgan fingerprint density at radius 2 is 1.72 bits per heavy atom. The third-order valence-electron chi connectivity index (χ3n) is 3.63. The summed E-state index contributed by atoms with van der Waals surface area (Å²) in [5, 5.41) is 9.53. The summed E-state index contributed by atoms with van der Waals surface area (Å²) in [5.41, 5.74) is 1.11. The second-order valence-electron chi connectivity index (χ2n) is 5.45. The van der Waals surface area contributed by atoms with E-state index in [1.54, 1.807) is 41.9 Å². The fourth-order valence-corrected chi connectivity index (χ4v) is 4.55. The zero-order valence-electron chi connectivity index (χ0n) is 13.5. The highest BCUT2D eigenvalue weighted by atomic mass is 35.5. The Labute approximate surface area is 156 Å². The zero-order chi connectivity index (χ0) is 17.9. The number of benzene rings is 2. The van der Waals surface area contributed by atoms with Crippen LogP contribution in [0.3, 0.4) is 0 Å². The van der Waals surface area contributed by atoms with Crippen molar-refractivity contribution in [1.82, 2.24) is 14.8 Å². The van der Waals surface area contributed by atoms with E-state index in [1.165, 1.54) is 11.8 Å². The monoisotopic (exact) mass is 393 g/mol. The number of rotatable bonds is 6. The van der Waals surface area contributed by atoms with E-state index in [0.29, 0.717) is 21.8 Å². The van der Waals surface area contributed by atoms with Crippen LogP contribution in [-0.4, -0.2) is 23.2 Å². The molecule has 3 rings (SSSR count). The molecule has 0 spiro atoms. The molecule has 0 aliphatic heterocycles. The highest BCUT2D eigenvalue weighted by molar-refractivity contribution is 7.98. The Bertz CT molecular complexity index is 955. The summed E-state index contributed by atoms with van der Waals surface area (Å²) in [5.74, 6) is 0.943. The molecule has 0 saturated heterocycles. The molecule has 0 unspecified atom stereocenters. The summed E-state index contributed by atoms with van der Waals surface area (Å²) in [4.78, 5) is 0.286. The maximum Gasteiger partial charge on any atom is 0.191 e. The van der Waals surface area contributed by atoms with Gasteiger partial charge >= 0.3 is 0 Å². The molecule has 0 bridgehead atoms. The molecule has 130 valence electrons. The Morgan fingerprint density at radius 3 is 2.40 bits per heavy atom. The van der Waals surface area contributed by atoms with Crippen molar-refractivity contribution in [1.29, 1.82) is 0 Å². The van der Waals surface area contributed by atoms with Crippen molar-refractivity contribution in [2.75, 3.05) is 0 Å². The van der Waals surface area contributed by atoms with E-state index in [9.17, 15) is 8.42 Å². The molecule has 0 saturated carbocycles. The van der Waals surface area contributed by atoms with Crippen LogP contribution >= 0.6 is 23.4 Å². The van der Waals surface area contributed by atoms with Gasteiger partial charge in [-0.15, -0.1) is 10.2 Å². The smallest absolute Gasteiger partial charge is 0.191 e. The lowest BCUT2D eigenvalue weighted by Crippen LogP contribution is -2.09. The number of halogens is 1. The number of hydrogen-bond acceptors (Lipinski definition) is 5. The number of nitrogens with zero attached hydrogens (tertiary/aromatic N) is 3. The van der Waals surface area contributed by atoms with Crippen molar-refractivity contribution >= 4 is 33.2 Å². The van der Waals surface area contributed by atoms with E-state index in [4.69, 9.17) is 11.6 Å². The van der Waals surface area contributed by atoms with E-state index < -0.39 is 9.84 Å². The molecule has 0 aliphatic rings. The van der Waals surface area contributed by atoms with Gasteiger partial charge in [0.1, 0.15) is 11.6 Å². The van der Waals surface area contributed by atoms with E-state index in [2.05, 4.69) is 10.2 Å². The van der Waals surface area contributed by atoms with E-state index >= 15 is 0 Å². The molecule has 1 aromatic heterocycles. The Kier molecular flexibility index (Phi) is 5.46. The molecule has 3 aromatic rings. The molecule has 0 N–H and O–H groups in total.